The molecule has 1 N–H and O–H groups in total. The zero-order valence-corrected chi connectivity index (χ0v) is 11.2. The van der Waals surface area contributed by atoms with Crippen LogP contribution in [0.15, 0.2) is 0 Å². The van der Waals surface area contributed by atoms with Crippen LogP contribution in [0.3, 0.4) is 0 Å². The van der Waals surface area contributed by atoms with E-state index in [0.717, 1.165) is 25.8 Å². The van der Waals surface area contributed by atoms with Gasteiger partial charge in [-0.15, -0.1) is 0 Å². The van der Waals surface area contributed by atoms with Crippen LogP contribution in [0, 0.1) is 0 Å². The molecule has 1 rings (SSSR count). The van der Waals surface area contributed by atoms with E-state index in [2.05, 4.69) is 0 Å². The lowest BCUT2D eigenvalue weighted by Gasteiger charge is -2.36. The molecule has 0 radical (unpaired) electrons. The number of carbonyl (C=O) groups excluding carboxylic acids is 1. The number of amides is 1. The second-order valence-electron chi connectivity index (χ2n) is 4.92. The number of carbonyl (C=O) groups is 2. The predicted molar refractivity (Wildman–Crippen MR) is 67.3 cm³/mol. The third kappa shape index (κ3) is 4.64. The number of rotatable bonds is 6. The fourth-order valence-electron chi connectivity index (χ4n) is 2.37. The van der Waals surface area contributed by atoms with Crippen molar-refractivity contribution in [1.82, 2.24) is 4.90 Å². The lowest BCUT2D eigenvalue weighted by Crippen LogP contribution is -2.44. The van der Waals surface area contributed by atoms with Crippen LogP contribution in [0.1, 0.15) is 45.4 Å². The van der Waals surface area contributed by atoms with E-state index in [4.69, 9.17) is 9.84 Å². The normalized spacial score (nSPS) is 21.7. The summed E-state index contributed by atoms with van der Waals surface area (Å²) in [5.74, 6) is -0.710. The first-order valence-electron chi connectivity index (χ1n) is 6.58. The quantitative estimate of drug-likeness (QED) is 0.785. The summed E-state index contributed by atoms with van der Waals surface area (Å²) in [6.07, 6.45) is 3.99. The Hall–Kier alpha value is -1.10. The molecule has 2 atom stereocenters. The Bertz CT molecular complexity index is 293. The summed E-state index contributed by atoms with van der Waals surface area (Å²) in [4.78, 5) is 24.6. The zero-order valence-electron chi connectivity index (χ0n) is 11.2. The van der Waals surface area contributed by atoms with E-state index >= 15 is 0 Å². The smallest absolute Gasteiger partial charge is 0.303 e. The van der Waals surface area contributed by atoms with Gasteiger partial charge in [0.25, 0.3) is 0 Å². The molecule has 1 heterocycles. The molecule has 0 saturated carbocycles. The predicted octanol–water partition coefficient (Wildman–Crippen LogP) is 1.66. The molecule has 1 amide bonds. The van der Waals surface area contributed by atoms with Crippen LogP contribution in [-0.2, 0) is 14.3 Å². The van der Waals surface area contributed by atoms with Crippen LogP contribution >= 0.6 is 0 Å². The van der Waals surface area contributed by atoms with Crippen LogP contribution in [0.4, 0.5) is 0 Å². The monoisotopic (exact) mass is 257 g/mol. The van der Waals surface area contributed by atoms with Gasteiger partial charge in [-0.2, -0.15) is 0 Å². The largest absolute Gasteiger partial charge is 0.481 e. The number of hydrogen-bond acceptors (Lipinski definition) is 3. The molecule has 0 aliphatic carbocycles. The standard InChI is InChI=1S/C13H23NO4/c1-10(18-2)9-12(15)14-8-4-3-5-11(14)6-7-13(16)17/h10-11H,3-9H2,1-2H3,(H,16,17)/t10-,11-/m1/s1. The van der Waals surface area contributed by atoms with E-state index < -0.39 is 5.97 Å². The van der Waals surface area contributed by atoms with Gasteiger partial charge in [0.05, 0.1) is 12.5 Å². The van der Waals surface area contributed by atoms with E-state index in [1.54, 1.807) is 7.11 Å². The van der Waals surface area contributed by atoms with Gasteiger partial charge >= 0.3 is 5.97 Å². The summed E-state index contributed by atoms with van der Waals surface area (Å²) >= 11 is 0. The molecule has 1 fully saturated rings. The number of carboxylic acid groups (broad SMARTS) is 1. The fourth-order valence-corrected chi connectivity index (χ4v) is 2.37. The number of likely N-dealkylation sites (tertiary alicyclic amines) is 1. The van der Waals surface area contributed by atoms with Crippen molar-refractivity contribution < 1.29 is 19.4 Å². The number of ether oxygens (including phenoxy) is 1. The van der Waals surface area contributed by atoms with Gasteiger partial charge in [0.1, 0.15) is 0 Å². The Morgan fingerprint density at radius 3 is 2.78 bits per heavy atom. The number of aliphatic carboxylic acids is 1. The van der Waals surface area contributed by atoms with Gasteiger partial charge in [-0.05, 0) is 32.6 Å². The highest BCUT2D eigenvalue weighted by atomic mass is 16.5. The van der Waals surface area contributed by atoms with Crippen LogP contribution in [0.25, 0.3) is 0 Å². The summed E-state index contributed by atoms with van der Waals surface area (Å²) in [7, 11) is 1.59. The Kier molecular flexibility index (Phi) is 6.12. The van der Waals surface area contributed by atoms with Gasteiger partial charge in [0.2, 0.25) is 5.91 Å². The third-order valence-corrected chi connectivity index (χ3v) is 3.50. The number of methoxy groups -OCH3 is 1. The third-order valence-electron chi connectivity index (χ3n) is 3.50. The van der Waals surface area contributed by atoms with E-state index in [9.17, 15) is 9.59 Å². The highest BCUT2D eigenvalue weighted by Crippen LogP contribution is 2.22. The minimum absolute atomic E-state index is 0.0828. The molecule has 0 aromatic heterocycles. The average molecular weight is 257 g/mol. The van der Waals surface area contributed by atoms with Crippen molar-refractivity contribution >= 4 is 11.9 Å². The molecular formula is C13H23NO4. The van der Waals surface area contributed by atoms with Crippen LogP contribution in [-0.4, -0.2) is 47.7 Å². The Labute approximate surface area is 108 Å². The van der Waals surface area contributed by atoms with E-state index in [1.165, 1.54) is 0 Å². The molecule has 1 aliphatic rings. The van der Waals surface area contributed by atoms with Gasteiger partial charge in [-0.1, -0.05) is 0 Å². The Morgan fingerprint density at radius 2 is 2.17 bits per heavy atom. The summed E-state index contributed by atoms with van der Waals surface area (Å²) in [5.41, 5.74) is 0. The van der Waals surface area contributed by atoms with Crippen molar-refractivity contribution in [3.05, 3.63) is 0 Å². The molecule has 5 heteroatoms. The average Bonchev–Trinajstić information content (AvgIpc) is 2.36. The first kappa shape index (κ1) is 15.0. The van der Waals surface area contributed by atoms with Crippen molar-refractivity contribution in [2.24, 2.45) is 0 Å². The molecule has 0 bridgehead atoms. The summed E-state index contributed by atoms with van der Waals surface area (Å²) in [6, 6.07) is 0.0893. The fraction of sp³-hybridized carbons (Fsp3) is 0.846. The summed E-state index contributed by atoms with van der Waals surface area (Å²) in [6.45, 7) is 2.62. The maximum atomic E-state index is 12.1. The van der Waals surface area contributed by atoms with Gasteiger partial charge < -0.3 is 14.7 Å². The van der Waals surface area contributed by atoms with E-state index in [-0.39, 0.29) is 24.5 Å². The minimum atomic E-state index is -0.793. The van der Waals surface area contributed by atoms with Crippen LogP contribution < -0.4 is 0 Å². The highest BCUT2D eigenvalue weighted by molar-refractivity contribution is 5.77. The van der Waals surface area contributed by atoms with Crippen molar-refractivity contribution in [1.29, 1.82) is 0 Å². The number of carboxylic acids is 1. The van der Waals surface area contributed by atoms with Crippen molar-refractivity contribution in [3.8, 4) is 0 Å². The van der Waals surface area contributed by atoms with Crippen LogP contribution in [0.2, 0.25) is 0 Å². The molecule has 5 nitrogen and oxygen atoms in total. The summed E-state index contributed by atoms with van der Waals surface area (Å²) in [5, 5.41) is 8.73. The number of piperidine rings is 1. The van der Waals surface area contributed by atoms with E-state index in [0.29, 0.717) is 12.8 Å². The summed E-state index contributed by atoms with van der Waals surface area (Å²) < 4.78 is 5.10. The van der Waals surface area contributed by atoms with Crippen LogP contribution in [0.5, 0.6) is 0 Å². The molecule has 0 unspecified atom stereocenters. The molecular weight excluding hydrogens is 234 g/mol. The lowest BCUT2D eigenvalue weighted by molar-refractivity contribution is -0.141. The molecule has 0 aromatic carbocycles. The molecule has 1 aliphatic heterocycles. The molecule has 18 heavy (non-hydrogen) atoms. The first-order valence-corrected chi connectivity index (χ1v) is 6.58. The number of hydrogen-bond donors (Lipinski definition) is 1. The maximum Gasteiger partial charge on any atom is 0.303 e. The van der Waals surface area contributed by atoms with Gasteiger partial charge in [0.15, 0.2) is 0 Å². The highest BCUT2D eigenvalue weighted by Gasteiger charge is 2.27. The second-order valence-corrected chi connectivity index (χ2v) is 4.92. The van der Waals surface area contributed by atoms with Crippen molar-refractivity contribution in [2.75, 3.05) is 13.7 Å². The van der Waals surface area contributed by atoms with Gasteiger partial charge in [-0.25, -0.2) is 0 Å². The SMILES string of the molecule is CO[C@H](C)CC(=O)N1CCCC[C@@H]1CCC(=O)O. The Balaban J connectivity index is 2.52. The molecule has 1 saturated heterocycles. The molecule has 0 spiro atoms. The van der Waals surface area contributed by atoms with Gasteiger partial charge in [-0.3, -0.25) is 9.59 Å². The van der Waals surface area contributed by atoms with E-state index in [1.807, 2.05) is 11.8 Å². The second kappa shape index (κ2) is 7.36. The Morgan fingerprint density at radius 1 is 1.44 bits per heavy atom. The van der Waals surface area contributed by atoms with Crippen molar-refractivity contribution in [2.45, 2.75) is 57.6 Å². The number of nitrogens with zero attached hydrogens (tertiary/aromatic N) is 1. The topological polar surface area (TPSA) is 66.8 Å². The first-order chi connectivity index (χ1) is 8.54. The minimum Gasteiger partial charge on any atom is -0.481 e. The maximum absolute atomic E-state index is 12.1. The lowest BCUT2D eigenvalue weighted by atomic mass is 9.97. The van der Waals surface area contributed by atoms with Gasteiger partial charge in [0, 0.05) is 26.1 Å². The zero-order chi connectivity index (χ0) is 13.5. The van der Waals surface area contributed by atoms with Crippen molar-refractivity contribution in [3.63, 3.8) is 0 Å². The molecule has 104 valence electrons. The molecule has 0 aromatic rings.